The van der Waals surface area contributed by atoms with Crippen LogP contribution in [0.15, 0.2) is 41.2 Å². The number of amides is 1. The number of fused-ring (bicyclic) bond motifs is 1. The zero-order valence-corrected chi connectivity index (χ0v) is 14.5. The smallest absolute Gasteiger partial charge is 0.404 e. The highest BCUT2D eigenvalue weighted by molar-refractivity contribution is 6.35. The van der Waals surface area contributed by atoms with Crippen LogP contribution in [0.25, 0.3) is 16.6 Å². The van der Waals surface area contributed by atoms with Crippen molar-refractivity contribution in [2.24, 2.45) is 0 Å². The summed E-state index contributed by atoms with van der Waals surface area (Å²) >= 11 is 6.09. The number of hydrogen-bond donors (Lipinski definition) is 2. The Balaban J connectivity index is 2.29. The van der Waals surface area contributed by atoms with E-state index >= 15 is 0 Å². The number of rotatable bonds is 4. The Kier molecular flexibility index (Phi) is 5.05. The van der Waals surface area contributed by atoms with Crippen molar-refractivity contribution in [1.82, 2.24) is 14.9 Å². The summed E-state index contributed by atoms with van der Waals surface area (Å²) in [5.41, 5.74) is -0.131. The van der Waals surface area contributed by atoms with Gasteiger partial charge in [-0.1, -0.05) is 17.7 Å². The molecule has 2 aromatic carbocycles. The Hall–Kier alpha value is -3.44. The van der Waals surface area contributed by atoms with Gasteiger partial charge in [-0.25, -0.2) is 14.2 Å². The molecule has 0 bridgehead atoms. The Labute approximate surface area is 157 Å². The van der Waals surface area contributed by atoms with E-state index < -0.39 is 17.5 Å². The molecule has 3 aromatic rings. The van der Waals surface area contributed by atoms with Crippen molar-refractivity contribution in [2.75, 3.05) is 6.54 Å². The van der Waals surface area contributed by atoms with Gasteiger partial charge in [-0.15, -0.1) is 0 Å². The number of nitrogens with one attached hydrogen (secondary N) is 1. The first kappa shape index (κ1) is 18.4. The van der Waals surface area contributed by atoms with E-state index in [0.717, 1.165) is 6.07 Å². The maximum absolute atomic E-state index is 14.2. The van der Waals surface area contributed by atoms with Crippen molar-refractivity contribution in [3.63, 3.8) is 0 Å². The molecule has 0 radical (unpaired) electrons. The number of halogens is 2. The molecule has 0 aliphatic carbocycles. The lowest BCUT2D eigenvalue weighted by Crippen LogP contribution is -2.29. The van der Waals surface area contributed by atoms with E-state index in [4.69, 9.17) is 22.0 Å². The van der Waals surface area contributed by atoms with Crippen molar-refractivity contribution < 1.29 is 14.3 Å². The number of benzene rings is 2. The fourth-order valence-electron chi connectivity index (χ4n) is 2.69. The molecule has 136 valence electrons. The number of nitriles is 1. The molecule has 0 spiro atoms. The van der Waals surface area contributed by atoms with E-state index in [1.807, 2.05) is 6.07 Å². The van der Waals surface area contributed by atoms with Gasteiger partial charge in [0, 0.05) is 13.0 Å². The van der Waals surface area contributed by atoms with E-state index in [1.54, 1.807) is 18.2 Å². The average molecular weight is 387 g/mol. The molecule has 0 unspecified atom stereocenters. The minimum absolute atomic E-state index is 0.0280. The van der Waals surface area contributed by atoms with E-state index in [2.05, 4.69) is 10.3 Å². The SMILES string of the molecule is N#Cc1cccc(-n2c(CCNC(=O)O)nc3c(F)ccc(Cl)c3c2=O)c1. The van der Waals surface area contributed by atoms with Crippen LogP contribution < -0.4 is 10.9 Å². The van der Waals surface area contributed by atoms with Gasteiger partial charge < -0.3 is 10.4 Å². The van der Waals surface area contributed by atoms with Gasteiger partial charge in [0.25, 0.3) is 5.56 Å². The van der Waals surface area contributed by atoms with Crippen LogP contribution >= 0.6 is 11.6 Å². The summed E-state index contributed by atoms with van der Waals surface area (Å²) in [5, 5.41) is 20.0. The molecule has 9 heteroatoms. The molecular weight excluding hydrogens is 375 g/mol. The van der Waals surface area contributed by atoms with Crippen LogP contribution in [-0.2, 0) is 6.42 Å². The van der Waals surface area contributed by atoms with Gasteiger partial charge in [0.15, 0.2) is 0 Å². The van der Waals surface area contributed by atoms with Crippen molar-refractivity contribution in [3.05, 3.63) is 69.0 Å². The Morgan fingerprint density at radius 2 is 2.15 bits per heavy atom. The van der Waals surface area contributed by atoms with Crippen LogP contribution in [0.4, 0.5) is 9.18 Å². The monoisotopic (exact) mass is 386 g/mol. The lowest BCUT2D eigenvalue weighted by molar-refractivity contribution is 0.194. The molecule has 0 aliphatic heterocycles. The Bertz CT molecular complexity index is 1150. The molecule has 0 atom stereocenters. The number of aromatic nitrogens is 2. The van der Waals surface area contributed by atoms with Gasteiger partial charge >= 0.3 is 6.09 Å². The first-order valence-corrected chi connectivity index (χ1v) is 8.17. The second kappa shape index (κ2) is 7.43. The first-order valence-electron chi connectivity index (χ1n) is 7.79. The number of carboxylic acid groups (broad SMARTS) is 1. The third-order valence-electron chi connectivity index (χ3n) is 3.85. The normalized spacial score (nSPS) is 10.6. The molecule has 0 saturated carbocycles. The summed E-state index contributed by atoms with van der Waals surface area (Å²) in [6.45, 7) is -0.0343. The predicted molar refractivity (Wildman–Crippen MR) is 96.8 cm³/mol. The van der Waals surface area contributed by atoms with Gasteiger partial charge in [-0.3, -0.25) is 9.36 Å². The summed E-state index contributed by atoms with van der Waals surface area (Å²) < 4.78 is 15.4. The fraction of sp³-hybridized carbons (Fsp3) is 0.111. The highest BCUT2D eigenvalue weighted by Crippen LogP contribution is 2.23. The van der Waals surface area contributed by atoms with Crippen molar-refractivity contribution in [2.45, 2.75) is 6.42 Å². The third-order valence-corrected chi connectivity index (χ3v) is 4.17. The lowest BCUT2D eigenvalue weighted by atomic mass is 10.2. The Morgan fingerprint density at radius 1 is 1.37 bits per heavy atom. The molecular formula is C18H12ClFN4O3. The molecule has 0 aliphatic rings. The highest BCUT2D eigenvalue weighted by atomic mass is 35.5. The van der Waals surface area contributed by atoms with Crippen LogP contribution in [0, 0.1) is 17.1 Å². The van der Waals surface area contributed by atoms with Crippen molar-refractivity contribution in [1.29, 1.82) is 5.26 Å². The van der Waals surface area contributed by atoms with Gasteiger partial charge in [0.2, 0.25) is 0 Å². The molecule has 1 amide bonds. The Morgan fingerprint density at radius 3 is 2.85 bits per heavy atom. The van der Waals surface area contributed by atoms with Crippen molar-refractivity contribution >= 4 is 28.6 Å². The second-order valence-electron chi connectivity index (χ2n) is 5.57. The largest absolute Gasteiger partial charge is 0.465 e. The van der Waals surface area contributed by atoms with E-state index in [-0.39, 0.29) is 34.7 Å². The van der Waals surface area contributed by atoms with E-state index in [0.29, 0.717) is 11.3 Å². The van der Waals surface area contributed by atoms with Crippen LogP contribution in [0.3, 0.4) is 0 Å². The van der Waals surface area contributed by atoms with Gasteiger partial charge in [-0.2, -0.15) is 5.26 Å². The second-order valence-corrected chi connectivity index (χ2v) is 5.97. The van der Waals surface area contributed by atoms with Crippen LogP contribution in [0.2, 0.25) is 5.02 Å². The maximum atomic E-state index is 14.2. The summed E-state index contributed by atoms with van der Waals surface area (Å²) in [7, 11) is 0. The molecule has 7 nitrogen and oxygen atoms in total. The van der Waals surface area contributed by atoms with Crippen LogP contribution in [0.5, 0.6) is 0 Å². The average Bonchev–Trinajstić information content (AvgIpc) is 2.64. The standard InChI is InChI=1S/C18H12ClFN4O3/c19-12-4-5-13(20)16-15(12)17(25)24(11-3-1-2-10(8-11)9-21)14(23-16)6-7-22-18(26)27/h1-5,8,22H,6-7H2,(H,26,27). The first-order chi connectivity index (χ1) is 12.9. The van der Waals surface area contributed by atoms with Gasteiger partial charge in [-0.05, 0) is 30.3 Å². The molecule has 1 heterocycles. The summed E-state index contributed by atoms with van der Waals surface area (Å²) in [6.07, 6.45) is -1.20. The highest BCUT2D eigenvalue weighted by Gasteiger charge is 2.18. The minimum atomic E-state index is -1.23. The van der Waals surface area contributed by atoms with E-state index in [1.165, 1.54) is 16.7 Å². The molecule has 1 aromatic heterocycles. The van der Waals surface area contributed by atoms with Gasteiger partial charge in [0.05, 0.1) is 27.7 Å². The minimum Gasteiger partial charge on any atom is -0.465 e. The number of nitrogens with zero attached hydrogens (tertiary/aromatic N) is 3. The topological polar surface area (TPSA) is 108 Å². The van der Waals surface area contributed by atoms with E-state index in [9.17, 15) is 14.0 Å². The molecule has 3 rings (SSSR count). The third kappa shape index (κ3) is 3.59. The fourth-order valence-corrected chi connectivity index (χ4v) is 2.93. The molecule has 0 saturated heterocycles. The zero-order valence-electron chi connectivity index (χ0n) is 13.7. The molecule has 27 heavy (non-hydrogen) atoms. The van der Waals surface area contributed by atoms with Gasteiger partial charge in [0.1, 0.15) is 17.2 Å². The van der Waals surface area contributed by atoms with Crippen LogP contribution in [0.1, 0.15) is 11.4 Å². The molecule has 0 fully saturated rings. The lowest BCUT2D eigenvalue weighted by Gasteiger charge is -2.14. The molecule has 2 N–H and O–H groups in total. The summed E-state index contributed by atoms with van der Waals surface area (Å²) in [5.74, 6) is -0.575. The summed E-state index contributed by atoms with van der Waals surface area (Å²) in [6, 6.07) is 10.6. The van der Waals surface area contributed by atoms with Crippen molar-refractivity contribution in [3.8, 4) is 11.8 Å². The van der Waals surface area contributed by atoms with Crippen LogP contribution in [-0.4, -0.2) is 27.3 Å². The quantitative estimate of drug-likeness (QED) is 0.716. The predicted octanol–water partition coefficient (Wildman–Crippen LogP) is 2.86. The number of carbonyl (C=O) groups is 1. The number of hydrogen-bond acceptors (Lipinski definition) is 4. The summed E-state index contributed by atoms with van der Waals surface area (Å²) in [4.78, 5) is 28.0. The maximum Gasteiger partial charge on any atom is 0.404 e. The zero-order chi connectivity index (χ0) is 19.6.